The summed E-state index contributed by atoms with van der Waals surface area (Å²) in [7, 11) is 0. The number of rotatable bonds is 8. The number of aliphatic hydroxyl groups is 1. The molecule has 0 aliphatic carbocycles. The van der Waals surface area contributed by atoms with Gasteiger partial charge in [0.2, 0.25) is 0 Å². The Morgan fingerprint density at radius 1 is 1.23 bits per heavy atom. The first-order valence-corrected chi connectivity index (χ1v) is 8.97. The van der Waals surface area contributed by atoms with Crippen LogP contribution in [0.3, 0.4) is 0 Å². The van der Waals surface area contributed by atoms with Crippen LogP contribution in [0.1, 0.15) is 42.5 Å². The lowest BCUT2D eigenvalue weighted by Crippen LogP contribution is -2.36. The van der Waals surface area contributed by atoms with E-state index in [2.05, 4.69) is 16.8 Å². The van der Waals surface area contributed by atoms with Gasteiger partial charge in [0.25, 0.3) is 0 Å². The number of aryl methyl sites for hydroxylation is 2. The first-order valence-electron chi connectivity index (χ1n) is 8.97. The van der Waals surface area contributed by atoms with E-state index in [9.17, 15) is 9.90 Å². The molecule has 0 amide bonds. The Hall–Kier alpha value is -2.24. The standard InChI is InChI=1S/C21H28N2O3/c1-5-20(14-24)23(12-18-7-6-8-22-11-18)13-19-9-15(2)21(16(3)10-19)26-17(4)25/h6-11,20,24H,5,12-14H2,1-4H3/t20-/m0/s1. The molecule has 1 heterocycles. The molecule has 140 valence electrons. The summed E-state index contributed by atoms with van der Waals surface area (Å²) in [6.07, 6.45) is 4.48. The van der Waals surface area contributed by atoms with Gasteiger partial charge in [-0.2, -0.15) is 0 Å². The summed E-state index contributed by atoms with van der Waals surface area (Å²) < 4.78 is 5.32. The Balaban J connectivity index is 2.25. The lowest BCUT2D eigenvalue weighted by Gasteiger charge is -2.30. The predicted molar refractivity (Wildman–Crippen MR) is 102 cm³/mol. The van der Waals surface area contributed by atoms with E-state index in [0.29, 0.717) is 12.3 Å². The zero-order chi connectivity index (χ0) is 19.1. The molecule has 0 fully saturated rings. The monoisotopic (exact) mass is 356 g/mol. The Bertz CT molecular complexity index is 704. The molecule has 0 aliphatic heterocycles. The van der Waals surface area contributed by atoms with E-state index in [1.54, 1.807) is 6.20 Å². The predicted octanol–water partition coefficient (Wildman–Crippen LogP) is 3.40. The van der Waals surface area contributed by atoms with Gasteiger partial charge in [0.05, 0.1) is 6.61 Å². The second kappa shape index (κ2) is 9.46. The molecular formula is C21H28N2O3. The number of ether oxygens (including phenoxy) is 1. The lowest BCUT2D eigenvalue weighted by atomic mass is 10.0. The zero-order valence-electron chi connectivity index (χ0n) is 16.0. The molecule has 0 bridgehead atoms. The van der Waals surface area contributed by atoms with Crippen LogP contribution in [0, 0.1) is 13.8 Å². The molecule has 0 spiro atoms. The number of hydrogen-bond acceptors (Lipinski definition) is 5. The number of benzene rings is 1. The van der Waals surface area contributed by atoms with Crippen molar-refractivity contribution in [2.24, 2.45) is 0 Å². The minimum atomic E-state index is -0.312. The minimum absolute atomic E-state index is 0.0731. The molecule has 1 aromatic carbocycles. The third-order valence-corrected chi connectivity index (χ3v) is 4.46. The summed E-state index contributed by atoms with van der Waals surface area (Å²) in [5.74, 6) is 0.322. The Labute approximate surface area is 155 Å². The van der Waals surface area contributed by atoms with Crippen LogP contribution in [0.25, 0.3) is 0 Å². The largest absolute Gasteiger partial charge is 0.426 e. The quantitative estimate of drug-likeness (QED) is 0.580. The number of esters is 1. The average Bonchev–Trinajstić information content (AvgIpc) is 2.60. The smallest absolute Gasteiger partial charge is 0.308 e. The molecule has 2 aromatic rings. The molecule has 26 heavy (non-hydrogen) atoms. The molecule has 5 nitrogen and oxygen atoms in total. The van der Waals surface area contributed by atoms with Crippen LogP contribution in [0.15, 0.2) is 36.7 Å². The first kappa shape index (κ1) is 20.1. The molecular weight excluding hydrogens is 328 g/mol. The first-order chi connectivity index (χ1) is 12.4. The van der Waals surface area contributed by atoms with Gasteiger partial charge in [-0.3, -0.25) is 14.7 Å². The van der Waals surface area contributed by atoms with Crippen molar-refractivity contribution in [3.8, 4) is 5.75 Å². The SMILES string of the molecule is CC[C@@H](CO)N(Cc1cccnc1)Cc1cc(C)c(OC(C)=O)c(C)c1. The highest BCUT2D eigenvalue weighted by molar-refractivity contribution is 5.70. The number of carbonyl (C=O) groups is 1. The van der Waals surface area contributed by atoms with Crippen molar-refractivity contribution in [1.82, 2.24) is 9.88 Å². The van der Waals surface area contributed by atoms with Crippen LogP contribution >= 0.6 is 0 Å². The van der Waals surface area contributed by atoms with E-state index in [-0.39, 0.29) is 18.6 Å². The van der Waals surface area contributed by atoms with Gasteiger partial charge in [0.1, 0.15) is 5.75 Å². The van der Waals surface area contributed by atoms with E-state index in [1.807, 2.05) is 44.3 Å². The topological polar surface area (TPSA) is 62.7 Å². The lowest BCUT2D eigenvalue weighted by molar-refractivity contribution is -0.131. The summed E-state index contributed by atoms with van der Waals surface area (Å²) in [5, 5.41) is 9.79. The molecule has 2 rings (SSSR count). The number of pyridine rings is 1. The van der Waals surface area contributed by atoms with E-state index in [0.717, 1.165) is 35.2 Å². The summed E-state index contributed by atoms with van der Waals surface area (Å²) in [5.41, 5.74) is 4.12. The van der Waals surface area contributed by atoms with Crippen LogP contribution in [0.5, 0.6) is 5.75 Å². The van der Waals surface area contributed by atoms with E-state index in [1.165, 1.54) is 6.92 Å². The fraction of sp³-hybridized carbons (Fsp3) is 0.429. The highest BCUT2D eigenvalue weighted by Crippen LogP contribution is 2.26. The van der Waals surface area contributed by atoms with Crippen molar-refractivity contribution >= 4 is 5.97 Å². The number of carbonyl (C=O) groups excluding carboxylic acids is 1. The maximum atomic E-state index is 11.3. The summed E-state index contributed by atoms with van der Waals surface area (Å²) in [4.78, 5) is 17.7. The maximum Gasteiger partial charge on any atom is 0.308 e. The van der Waals surface area contributed by atoms with Gasteiger partial charge >= 0.3 is 5.97 Å². The van der Waals surface area contributed by atoms with E-state index >= 15 is 0 Å². The molecule has 0 unspecified atom stereocenters. The number of aliphatic hydroxyl groups excluding tert-OH is 1. The zero-order valence-corrected chi connectivity index (χ0v) is 16.0. The molecule has 0 saturated heterocycles. The molecule has 0 aliphatic rings. The van der Waals surface area contributed by atoms with Gasteiger partial charge in [-0.25, -0.2) is 0 Å². The van der Waals surface area contributed by atoms with Crippen LogP contribution in [-0.2, 0) is 17.9 Å². The van der Waals surface area contributed by atoms with Crippen LogP contribution in [0.2, 0.25) is 0 Å². The Morgan fingerprint density at radius 3 is 2.38 bits per heavy atom. The second-order valence-electron chi connectivity index (χ2n) is 6.66. The van der Waals surface area contributed by atoms with Crippen LogP contribution < -0.4 is 4.74 Å². The molecule has 0 saturated carbocycles. The van der Waals surface area contributed by atoms with Crippen LogP contribution in [0.4, 0.5) is 0 Å². The average molecular weight is 356 g/mol. The van der Waals surface area contributed by atoms with Gasteiger partial charge in [-0.15, -0.1) is 0 Å². The van der Waals surface area contributed by atoms with Crippen molar-refractivity contribution in [3.63, 3.8) is 0 Å². The van der Waals surface area contributed by atoms with E-state index in [4.69, 9.17) is 4.74 Å². The maximum absolute atomic E-state index is 11.3. The van der Waals surface area contributed by atoms with Gasteiger partial charge < -0.3 is 9.84 Å². The number of nitrogens with zero attached hydrogens (tertiary/aromatic N) is 2. The van der Waals surface area contributed by atoms with Crippen LogP contribution in [-0.4, -0.2) is 33.6 Å². The molecule has 1 aromatic heterocycles. The normalized spacial score (nSPS) is 12.2. The second-order valence-corrected chi connectivity index (χ2v) is 6.66. The fourth-order valence-electron chi connectivity index (χ4n) is 3.21. The van der Waals surface area contributed by atoms with Gasteiger partial charge in [-0.1, -0.05) is 25.1 Å². The highest BCUT2D eigenvalue weighted by Gasteiger charge is 2.18. The molecule has 1 atom stereocenters. The Kier molecular flexibility index (Phi) is 7.30. The number of hydrogen-bond donors (Lipinski definition) is 1. The minimum Gasteiger partial charge on any atom is -0.426 e. The molecule has 1 N–H and O–H groups in total. The Morgan fingerprint density at radius 2 is 1.88 bits per heavy atom. The molecule has 5 heteroatoms. The van der Waals surface area contributed by atoms with Gasteiger partial charge in [-0.05, 0) is 48.6 Å². The third-order valence-electron chi connectivity index (χ3n) is 4.46. The third kappa shape index (κ3) is 5.38. The fourth-order valence-corrected chi connectivity index (χ4v) is 3.21. The van der Waals surface area contributed by atoms with Crippen molar-refractivity contribution in [2.75, 3.05) is 6.61 Å². The molecule has 0 radical (unpaired) electrons. The summed E-state index contributed by atoms with van der Waals surface area (Å²) in [6, 6.07) is 8.14. The van der Waals surface area contributed by atoms with Gasteiger partial charge in [0.15, 0.2) is 0 Å². The summed E-state index contributed by atoms with van der Waals surface area (Å²) in [6.45, 7) is 8.92. The highest BCUT2D eigenvalue weighted by atomic mass is 16.5. The number of aromatic nitrogens is 1. The summed E-state index contributed by atoms with van der Waals surface area (Å²) >= 11 is 0. The van der Waals surface area contributed by atoms with E-state index < -0.39 is 0 Å². The van der Waals surface area contributed by atoms with Crippen molar-refractivity contribution in [3.05, 3.63) is 58.9 Å². The van der Waals surface area contributed by atoms with Crippen molar-refractivity contribution in [1.29, 1.82) is 0 Å². The van der Waals surface area contributed by atoms with Gasteiger partial charge in [0, 0.05) is 38.4 Å². The van der Waals surface area contributed by atoms with Crippen molar-refractivity contribution < 1.29 is 14.6 Å². The van der Waals surface area contributed by atoms with Crippen molar-refractivity contribution in [2.45, 2.75) is 53.2 Å².